The number of nitrogens with one attached hydrogen (secondary N) is 1. The molecule has 6 nitrogen and oxygen atoms in total. The van der Waals surface area contributed by atoms with Crippen molar-refractivity contribution in [1.29, 1.82) is 0 Å². The van der Waals surface area contributed by atoms with Crippen molar-refractivity contribution in [2.45, 2.75) is 31.6 Å². The van der Waals surface area contributed by atoms with E-state index in [1.165, 1.54) is 0 Å². The van der Waals surface area contributed by atoms with Crippen LogP contribution in [-0.2, 0) is 14.6 Å². The van der Waals surface area contributed by atoms with Gasteiger partial charge in [0.1, 0.15) is 11.0 Å². The smallest absolute Gasteiger partial charge is 0.177 e. The number of hydrogen-bond acceptors (Lipinski definition) is 7. The van der Waals surface area contributed by atoms with Gasteiger partial charge in [-0.15, -0.1) is 0 Å². The third-order valence-corrected chi connectivity index (χ3v) is 7.62. The van der Waals surface area contributed by atoms with Crippen LogP contribution in [0.25, 0.3) is 11.0 Å². The summed E-state index contributed by atoms with van der Waals surface area (Å²) in [7, 11) is -3.36. The molecule has 5 rings (SSSR count). The fraction of sp³-hybridized carbons (Fsp3) is 0.353. The Morgan fingerprint density at radius 1 is 1.08 bits per heavy atom. The second kappa shape index (κ2) is 5.22. The topological polar surface area (TPSA) is 89.0 Å². The molecular weight excluding hydrogens is 358 g/mol. The predicted molar refractivity (Wildman–Crippen MR) is 94.6 cm³/mol. The Kier molecular flexibility index (Phi) is 3.18. The minimum Gasteiger partial charge on any atom is -0.361 e. The highest BCUT2D eigenvalue weighted by Gasteiger charge is 2.44. The van der Waals surface area contributed by atoms with E-state index in [9.17, 15) is 13.2 Å². The predicted octanol–water partition coefficient (Wildman–Crippen LogP) is 2.42. The molecule has 0 saturated carbocycles. The van der Waals surface area contributed by atoms with Crippen molar-refractivity contribution in [2.24, 2.45) is 0 Å². The quantitative estimate of drug-likeness (QED) is 0.826. The van der Waals surface area contributed by atoms with Crippen LogP contribution in [-0.4, -0.2) is 28.7 Å². The van der Waals surface area contributed by atoms with Gasteiger partial charge in [-0.1, -0.05) is 6.07 Å². The number of dihydropyridines is 1. The van der Waals surface area contributed by atoms with Crippen molar-refractivity contribution in [3.05, 3.63) is 45.6 Å². The average molecular weight is 373 g/mol. The highest BCUT2D eigenvalue weighted by Crippen LogP contribution is 2.47. The van der Waals surface area contributed by atoms with Crippen LogP contribution in [0.4, 0.5) is 0 Å². The van der Waals surface area contributed by atoms with Crippen LogP contribution in [0.5, 0.6) is 0 Å². The molecule has 1 N–H and O–H groups in total. The van der Waals surface area contributed by atoms with Gasteiger partial charge in [-0.2, -0.15) is 8.75 Å². The van der Waals surface area contributed by atoms with Crippen molar-refractivity contribution in [2.75, 3.05) is 5.75 Å². The normalized spacial score (nSPS) is 25.1. The number of carbonyl (C=O) groups is 1. The highest BCUT2D eigenvalue weighted by atomic mass is 32.2. The number of benzene rings is 1. The van der Waals surface area contributed by atoms with Crippen molar-refractivity contribution < 1.29 is 13.2 Å². The molecule has 1 atom stereocenters. The number of Topliss-reactive ketones (excluding diaryl/α,β-unsaturated/α-hetero) is 1. The number of sulfone groups is 1. The molecule has 0 bridgehead atoms. The van der Waals surface area contributed by atoms with Gasteiger partial charge in [-0.3, -0.25) is 4.79 Å². The summed E-state index contributed by atoms with van der Waals surface area (Å²) in [6, 6.07) is 5.61. The minimum absolute atomic E-state index is 0.0453. The van der Waals surface area contributed by atoms with E-state index in [1.807, 2.05) is 18.2 Å². The lowest BCUT2D eigenvalue weighted by Crippen LogP contribution is -2.32. The minimum atomic E-state index is -3.36. The van der Waals surface area contributed by atoms with Crippen molar-refractivity contribution in [3.63, 3.8) is 0 Å². The number of nitrogens with zero attached hydrogens (tertiary/aromatic N) is 2. The molecule has 8 heteroatoms. The molecule has 2 aromatic rings. The number of allylic oxidation sites excluding steroid dienone is 4. The summed E-state index contributed by atoms with van der Waals surface area (Å²) in [6.45, 7) is 0. The van der Waals surface area contributed by atoms with E-state index >= 15 is 0 Å². The van der Waals surface area contributed by atoms with Crippen LogP contribution in [0.1, 0.15) is 37.2 Å². The summed E-state index contributed by atoms with van der Waals surface area (Å²) in [5, 5.41) is 3.27. The molecule has 128 valence electrons. The number of carbonyl (C=O) groups excluding carboxylic acids is 1. The van der Waals surface area contributed by atoms with Crippen molar-refractivity contribution in [1.82, 2.24) is 14.1 Å². The first-order valence-electron chi connectivity index (χ1n) is 8.26. The lowest BCUT2D eigenvalue weighted by molar-refractivity contribution is -0.116. The van der Waals surface area contributed by atoms with E-state index in [-0.39, 0.29) is 11.5 Å². The molecule has 0 spiro atoms. The zero-order valence-electron chi connectivity index (χ0n) is 13.3. The summed E-state index contributed by atoms with van der Waals surface area (Å²) in [5.41, 5.74) is 4.61. The Bertz CT molecular complexity index is 1100. The standard InChI is InChI=1S/C17H15N3O3S2/c21-14-3-1-2-11-16(14)15(17-12(18-11)6-7-25(17,22)23)9-4-5-10-13(8-9)20-24-19-10/h4-5,8,15,18H,1-3,6-7H2/t15-/m0/s1. The lowest BCUT2D eigenvalue weighted by atomic mass is 9.79. The maximum absolute atomic E-state index is 12.7. The Balaban J connectivity index is 1.77. The van der Waals surface area contributed by atoms with Crippen LogP contribution in [0.15, 0.2) is 40.1 Å². The number of fused-ring (bicyclic) bond motifs is 1. The van der Waals surface area contributed by atoms with Crippen LogP contribution in [0.3, 0.4) is 0 Å². The first-order valence-corrected chi connectivity index (χ1v) is 10.6. The van der Waals surface area contributed by atoms with Gasteiger partial charge >= 0.3 is 0 Å². The number of aromatic nitrogens is 2. The number of rotatable bonds is 1. The second-order valence-corrected chi connectivity index (χ2v) is 9.26. The molecule has 3 heterocycles. The summed E-state index contributed by atoms with van der Waals surface area (Å²) in [4.78, 5) is 13.1. The van der Waals surface area contributed by atoms with E-state index < -0.39 is 15.8 Å². The van der Waals surface area contributed by atoms with Gasteiger partial charge in [0.15, 0.2) is 15.6 Å². The molecule has 0 unspecified atom stereocenters. The van der Waals surface area contributed by atoms with E-state index in [2.05, 4.69) is 14.1 Å². The summed E-state index contributed by atoms with van der Waals surface area (Å²) in [5.74, 6) is -0.363. The Labute approximate surface area is 148 Å². The Morgan fingerprint density at radius 2 is 1.92 bits per heavy atom. The molecule has 25 heavy (non-hydrogen) atoms. The van der Waals surface area contributed by atoms with Gasteiger partial charge in [0.05, 0.1) is 28.3 Å². The molecule has 0 saturated heterocycles. The largest absolute Gasteiger partial charge is 0.361 e. The van der Waals surface area contributed by atoms with E-state index in [0.717, 1.165) is 52.6 Å². The third kappa shape index (κ3) is 2.20. The highest BCUT2D eigenvalue weighted by molar-refractivity contribution is 7.95. The average Bonchev–Trinajstić information content (AvgIpc) is 3.17. The molecule has 2 aliphatic heterocycles. The van der Waals surface area contributed by atoms with E-state index in [1.54, 1.807) is 0 Å². The van der Waals surface area contributed by atoms with Crippen molar-refractivity contribution in [3.8, 4) is 0 Å². The molecule has 1 aliphatic carbocycles. The van der Waals surface area contributed by atoms with Crippen LogP contribution in [0.2, 0.25) is 0 Å². The SMILES string of the molecule is O=C1CCCC2=C1[C@H](c1ccc3nsnc3c1)C1=C(CCS1(=O)=O)N2. The van der Waals surface area contributed by atoms with Gasteiger partial charge in [0, 0.05) is 29.8 Å². The van der Waals surface area contributed by atoms with Gasteiger partial charge in [-0.05, 0) is 30.5 Å². The Morgan fingerprint density at radius 3 is 2.80 bits per heavy atom. The van der Waals surface area contributed by atoms with E-state index in [0.29, 0.717) is 23.3 Å². The second-order valence-electron chi connectivity index (χ2n) is 6.65. The summed E-state index contributed by atoms with van der Waals surface area (Å²) < 4.78 is 33.9. The van der Waals surface area contributed by atoms with Gasteiger partial charge in [-0.25, -0.2) is 8.42 Å². The first-order chi connectivity index (χ1) is 12.0. The lowest BCUT2D eigenvalue weighted by Gasteiger charge is -2.33. The third-order valence-electron chi connectivity index (χ3n) is 5.17. The maximum Gasteiger partial charge on any atom is 0.177 e. The van der Waals surface area contributed by atoms with Crippen LogP contribution >= 0.6 is 11.7 Å². The van der Waals surface area contributed by atoms with E-state index in [4.69, 9.17) is 0 Å². The monoisotopic (exact) mass is 373 g/mol. The van der Waals surface area contributed by atoms with Crippen LogP contribution < -0.4 is 5.32 Å². The first kappa shape index (κ1) is 15.2. The fourth-order valence-electron chi connectivity index (χ4n) is 4.07. The van der Waals surface area contributed by atoms with Gasteiger partial charge < -0.3 is 5.32 Å². The number of hydrogen-bond donors (Lipinski definition) is 1. The zero-order valence-corrected chi connectivity index (χ0v) is 14.9. The Hall–Kier alpha value is -2.06. The molecule has 1 aromatic heterocycles. The molecule has 0 fully saturated rings. The summed E-state index contributed by atoms with van der Waals surface area (Å²) in [6.07, 6.45) is 2.55. The molecule has 0 radical (unpaired) electrons. The number of ketones is 1. The zero-order chi connectivity index (χ0) is 17.2. The fourth-order valence-corrected chi connectivity index (χ4v) is 6.43. The van der Waals surface area contributed by atoms with Crippen LogP contribution in [0, 0.1) is 0 Å². The molecular formula is C17H15N3O3S2. The van der Waals surface area contributed by atoms with Gasteiger partial charge in [0.2, 0.25) is 0 Å². The maximum atomic E-state index is 12.7. The van der Waals surface area contributed by atoms with Crippen molar-refractivity contribution >= 4 is 38.4 Å². The molecule has 1 aromatic carbocycles. The molecule has 3 aliphatic rings. The summed E-state index contributed by atoms with van der Waals surface area (Å²) >= 11 is 1.13. The molecule has 0 amide bonds. The van der Waals surface area contributed by atoms with Gasteiger partial charge in [0.25, 0.3) is 0 Å².